The fourth-order valence-electron chi connectivity index (χ4n) is 3.06. The van der Waals surface area contributed by atoms with Gasteiger partial charge in [0, 0.05) is 29.8 Å². The summed E-state index contributed by atoms with van der Waals surface area (Å²) in [5.41, 5.74) is 1.78. The maximum atomic E-state index is 12.4. The molecule has 4 heteroatoms. The summed E-state index contributed by atoms with van der Waals surface area (Å²) in [7, 11) is 0. The van der Waals surface area contributed by atoms with Gasteiger partial charge in [-0.15, -0.1) is 0 Å². The summed E-state index contributed by atoms with van der Waals surface area (Å²) < 4.78 is 5.65. The maximum Gasteiger partial charge on any atom is 0.230 e. The Labute approximate surface area is 119 Å². The van der Waals surface area contributed by atoms with Crippen molar-refractivity contribution in [2.75, 3.05) is 18.5 Å². The van der Waals surface area contributed by atoms with E-state index in [2.05, 4.69) is 17.6 Å². The molecule has 0 radical (unpaired) electrons. The molecule has 108 valence electrons. The van der Waals surface area contributed by atoms with Crippen molar-refractivity contribution in [1.82, 2.24) is 5.32 Å². The monoisotopic (exact) mass is 274 g/mol. The van der Waals surface area contributed by atoms with E-state index in [1.54, 1.807) is 0 Å². The molecular formula is C16H22N2O2. The van der Waals surface area contributed by atoms with Gasteiger partial charge in [0.25, 0.3) is 0 Å². The summed E-state index contributed by atoms with van der Waals surface area (Å²) in [6.07, 6.45) is 4.31. The summed E-state index contributed by atoms with van der Waals surface area (Å²) >= 11 is 0. The third kappa shape index (κ3) is 2.66. The van der Waals surface area contributed by atoms with Gasteiger partial charge in [-0.05, 0) is 31.0 Å². The number of amides is 1. The molecular weight excluding hydrogens is 252 g/mol. The van der Waals surface area contributed by atoms with Crippen molar-refractivity contribution in [3.05, 3.63) is 23.8 Å². The molecule has 1 aromatic carbocycles. The average Bonchev–Trinajstić information content (AvgIpc) is 2.76. The van der Waals surface area contributed by atoms with E-state index in [0.717, 1.165) is 55.8 Å². The molecule has 2 aliphatic rings. The molecule has 0 bridgehead atoms. The number of ether oxygens (including phenoxy) is 1. The van der Waals surface area contributed by atoms with Crippen LogP contribution in [0, 0.1) is 5.41 Å². The highest BCUT2D eigenvalue weighted by atomic mass is 16.5. The van der Waals surface area contributed by atoms with E-state index in [0.29, 0.717) is 6.61 Å². The van der Waals surface area contributed by atoms with Gasteiger partial charge in [-0.3, -0.25) is 4.79 Å². The lowest BCUT2D eigenvalue weighted by Gasteiger charge is -2.22. The molecule has 1 heterocycles. The van der Waals surface area contributed by atoms with Gasteiger partial charge in [-0.2, -0.15) is 0 Å². The molecule has 1 aromatic rings. The molecule has 0 aromatic heterocycles. The highest BCUT2D eigenvalue weighted by Crippen LogP contribution is 2.38. The van der Waals surface area contributed by atoms with E-state index in [1.165, 1.54) is 0 Å². The molecule has 4 nitrogen and oxygen atoms in total. The van der Waals surface area contributed by atoms with Gasteiger partial charge in [-0.25, -0.2) is 0 Å². The van der Waals surface area contributed by atoms with Crippen molar-refractivity contribution in [2.24, 2.45) is 5.41 Å². The molecule has 1 aliphatic heterocycles. The van der Waals surface area contributed by atoms with Gasteiger partial charge in [0.05, 0.1) is 0 Å². The fourth-order valence-corrected chi connectivity index (χ4v) is 3.06. The number of carbonyl (C=O) groups excluding carboxylic acids is 1. The third-order valence-corrected chi connectivity index (χ3v) is 4.43. The second kappa shape index (κ2) is 5.44. The van der Waals surface area contributed by atoms with Crippen molar-refractivity contribution < 1.29 is 9.53 Å². The van der Waals surface area contributed by atoms with Crippen molar-refractivity contribution >= 4 is 11.6 Å². The number of anilines is 1. The van der Waals surface area contributed by atoms with Crippen LogP contribution in [0.15, 0.2) is 18.2 Å². The summed E-state index contributed by atoms with van der Waals surface area (Å²) in [5, 5.41) is 6.38. The summed E-state index contributed by atoms with van der Waals surface area (Å²) in [6, 6.07) is 5.90. The van der Waals surface area contributed by atoms with Gasteiger partial charge in [-0.1, -0.05) is 19.8 Å². The molecule has 0 unspecified atom stereocenters. The minimum absolute atomic E-state index is 0.150. The predicted molar refractivity (Wildman–Crippen MR) is 78.8 cm³/mol. The fraction of sp³-hybridized carbons (Fsp3) is 0.562. The van der Waals surface area contributed by atoms with E-state index in [1.807, 2.05) is 18.2 Å². The molecule has 2 N–H and O–H groups in total. The first-order valence-electron chi connectivity index (χ1n) is 7.45. The Balaban J connectivity index is 1.74. The molecule has 1 aliphatic carbocycles. The molecule has 20 heavy (non-hydrogen) atoms. The van der Waals surface area contributed by atoms with Crippen LogP contribution in [0.2, 0.25) is 0 Å². The first-order valence-corrected chi connectivity index (χ1v) is 7.45. The zero-order valence-corrected chi connectivity index (χ0v) is 12.0. The predicted octanol–water partition coefficient (Wildman–Crippen LogP) is 2.69. The van der Waals surface area contributed by atoms with Crippen molar-refractivity contribution in [1.29, 1.82) is 0 Å². The number of hydrogen-bond acceptors (Lipinski definition) is 3. The van der Waals surface area contributed by atoms with Crippen LogP contribution in [-0.4, -0.2) is 19.1 Å². The number of rotatable bonds is 2. The Hall–Kier alpha value is -1.55. The number of benzene rings is 1. The lowest BCUT2D eigenvalue weighted by Crippen LogP contribution is -2.30. The smallest absolute Gasteiger partial charge is 0.230 e. The number of fused-ring (bicyclic) bond motifs is 1. The van der Waals surface area contributed by atoms with Gasteiger partial charge in [0.2, 0.25) is 5.91 Å². The quantitative estimate of drug-likeness (QED) is 0.871. The van der Waals surface area contributed by atoms with E-state index < -0.39 is 0 Å². The first-order chi connectivity index (χ1) is 9.67. The highest BCUT2D eigenvalue weighted by Gasteiger charge is 2.36. The van der Waals surface area contributed by atoms with Crippen molar-refractivity contribution in [2.45, 2.75) is 39.2 Å². The maximum absolute atomic E-state index is 12.4. The van der Waals surface area contributed by atoms with Crippen LogP contribution in [0.1, 0.15) is 38.2 Å². The standard InChI is InChI=1S/C16H22N2O2/c1-16(6-2-3-7-16)15(19)18-13-4-5-14-12(10-13)11-17-8-9-20-14/h4-5,10,17H,2-3,6-9,11H2,1H3,(H,18,19). The SMILES string of the molecule is CC1(C(=O)Nc2ccc3c(c2)CNCCO3)CCCC1. The average molecular weight is 274 g/mol. The first kappa shape index (κ1) is 13.4. The molecule has 0 atom stereocenters. The van der Waals surface area contributed by atoms with Crippen LogP contribution in [0.5, 0.6) is 5.75 Å². The Bertz CT molecular complexity index is 507. The normalized spacial score (nSPS) is 20.6. The van der Waals surface area contributed by atoms with Crippen LogP contribution in [0.25, 0.3) is 0 Å². The summed E-state index contributed by atoms with van der Waals surface area (Å²) in [6.45, 7) is 4.41. The van der Waals surface area contributed by atoms with Crippen LogP contribution in [0.3, 0.4) is 0 Å². The molecule has 1 saturated carbocycles. The molecule has 1 amide bonds. The molecule has 1 fully saturated rings. The summed E-state index contributed by atoms with van der Waals surface area (Å²) in [4.78, 5) is 12.4. The Morgan fingerprint density at radius 1 is 1.35 bits per heavy atom. The van der Waals surface area contributed by atoms with Crippen LogP contribution in [-0.2, 0) is 11.3 Å². The van der Waals surface area contributed by atoms with Crippen molar-refractivity contribution in [3.63, 3.8) is 0 Å². The number of hydrogen-bond donors (Lipinski definition) is 2. The van der Waals surface area contributed by atoms with E-state index in [9.17, 15) is 4.79 Å². The lowest BCUT2D eigenvalue weighted by molar-refractivity contribution is -0.124. The number of nitrogens with one attached hydrogen (secondary N) is 2. The van der Waals surface area contributed by atoms with Crippen molar-refractivity contribution in [3.8, 4) is 5.75 Å². The van der Waals surface area contributed by atoms with E-state index >= 15 is 0 Å². The van der Waals surface area contributed by atoms with Gasteiger partial charge in [0.1, 0.15) is 12.4 Å². The van der Waals surface area contributed by atoms with Gasteiger partial charge in [0.15, 0.2) is 0 Å². The Morgan fingerprint density at radius 2 is 2.15 bits per heavy atom. The third-order valence-electron chi connectivity index (χ3n) is 4.43. The van der Waals surface area contributed by atoms with E-state index in [-0.39, 0.29) is 11.3 Å². The highest BCUT2D eigenvalue weighted by molar-refractivity contribution is 5.95. The largest absolute Gasteiger partial charge is 0.492 e. The zero-order chi connectivity index (χ0) is 14.0. The van der Waals surface area contributed by atoms with Gasteiger partial charge >= 0.3 is 0 Å². The molecule has 3 rings (SSSR count). The lowest BCUT2D eigenvalue weighted by atomic mass is 9.88. The van der Waals surface area contributed by atoms with Crippen LogP contribution in [0.4, 0.5) is 5.69 Å². The second-order valence-electron chi connectivity index (χ2n) is 6.07. The Kier molecular flexibility index (Phi) is 3.66. The minimum atomic E-state index is -0.193. The molecule has 0 spiro atoms. The number of carbonyl (C=O) groups is 1. The topological polar surface area (TPSA) is 50.4 Å². The zero-order valence-electron chi connectivity index (χ0n) is 12.0. The van der Waals surface area contributed by atoms with Crippen LogP contribution < -0.4 is 15.4 Å². The summed E-state index contributed by atoms with van der Waals surface area (Å²) in [5.74, 6) is 1.07. The second-order valence-corrected chi connectivity index (χ2v) is 6.07. The molecule has 0 saturated heterocycles. The van der Waals surface area contributed by atoms with E-state index in [4.69, 9.17) is 4.74 Å². The minimum Gasteiger partial charge on any atom is -0.492 e. The Morgan fingerprint density at radius 3 is 2.95 bits per heavy atom. The van der Waals surface area contributed by atoms with Gasteiger partial charge < -0.3 is 15.4 Å². The van der Waals surface area contributed by atoms with Crippen LogP contribution >= 0.6 is 0 Å².